The summed E-state index contributed by atoms with van der Waals surface area (Å²) in [6.45, 7) is 2.29. The largest absolute Gasteiger partial charge is 0.481 e. The lowest BCUT2D eigenvalue weighted by Crippen LogP contribution is -2.38. The third-order valence-corrected chi connectivity index (χ3v) is 5.41. The molecule has 0 saturated heterocycles. The molecule has 0 heterocycles. The molecule has 0 bridgehead atoms. The number of ketones is 1. The van der Waals surface area contributed by atoms with Gasteiger partial charge in [0, 0.05) is 37.4 Å². The van der Waals surface area contributed by atoms with E-state index >= 15 is 0 Å². The number of thiol groups is 1. The van der Waals surface area contributed by atoms with Gasteiger partial charge in [-0.1, -0.05) is 6.42 Å². The second-order valence-electron chi connectivity index (χ2n) is 6.38. The maximum Gasteiger partial charge on any atom is 0.307 e. The van der Waals surface area contributed by atoms with Crippen molar-refractivity contribution in [2.24, 2.45) is 5.92 Å². The highest BCUT2D eigenvalue weighted by Gasteiger charge is 2.19. The van der Waals surface area contributed by atoms with E-state index in [4.69, 9.17) is 0 Å². The summed E-state index contributed by atoms with van der Waals surface area (Å²) in [5, 5.41) is 14.8. The van der Waals surface area contributed by atoms with Gasteiger partial charge in [-0.3, -0.25) is 9.59 Å². The van der Waals surface area contributed by atoms with Gasteiger partial charge in [0.25, 0.3) is 0 Å². The van der Waals surface area contributed by atoms with Crippen LogP contribution >= 0.6 is 24.4 Å². The number of carboxylic acids is 1. The molecule has 0 aliphatic carbocycles. The molecule has 2 atom stereocenters. The van der Waals surface area contributed by atoms with Gasteiger partial charge in [-0.25, -0.2) is 0 Å². The molecular formula is C18H32N2O5S2. The van der Waals surface area contributed by atoms with E-state index in [9.17, 15) is 24.3 Å². The number of aliphatic carboxylic acids is 1. The molecule has 0 aliphatic heterocycles. The number of hydrogen-bond donors (Lipinski definition) is 4. The summed E-state index contributed by atoms with van der Waals surface area (Å²) in [7, 11) is 0. The Hall–Kier alpha value is -1.06. The van der Waals surface area contributed by atoms with E-state index in [-0.39, 0.29) is 31.1 Å². The number of carboxylic acid groups (broad SMARTS) is 1. The molecule has 3 N–H and O–H groups in total. The minimum absolute atomic E-state index is 0.131. The van der Waals surface area contributed by atoms with E-state index < -0.39 is 17.9 Å². The van der Waals surface area contributed by atoms with Crippen LogP contribution in [0.4, 0.5) is 0 Å². The Labute approximate surface area is 171 Å². The average Bonchev–Trinajstić information content (AvgIpc) is 2.62. The lowest BCUT2D eigenvalue weighted by atomic mass is 10.0. The summed E-state index contributed by atoms with van der Waals surface area (Å²) in [5.41, 5.74) is 0. The van der Waals surface area contributed by atoms with Crippen molar-refractivity contribution in [2.75, 3.05) is 30.3 Å². The van der Waals surface area contributed by atoms with Crippen LogP contribution in [0.3, 0.4) is 0 Å². The quantitative estimate of drug-likeness (QED) is 0.151. The Morgan fingerprint density at radius 2 is 1.89 bits per heavy atom. The standard InChI is InChI=1S/C18H32N2O5S2/c1-14(22)5-3-2-4-9-27-10-8-19-17(23)7-6-15(18(24)25)11-20-16(12-21)13-26/h12,15-16,20,26H,2-11,13H2,1H3,(H,19,23)(H,24,25)/t15?,16-/m1/s1. The summed E-state index contributed by atoms with van der Waals surface area (Å²) in [6, 6.07) is -0.483. The number of carbonyl (C=O) groups is 4. The normalized spacial score (nSPS) is 13.0. The van der Waals surface area contributed by atoms with Crippen molar-refractivity contribution in [3.05, 3.63) is 0 Å². The Kier molecular flexibility index (Phi) is 16.4. The van der Waals surface area contributed by atoms with Gasteiger partial charge in [-0.2, -0.15) is 24.4 Å². The number of hydrogen-bond acceptors (Lipinski definition) is 7. The first kappa shape index (κ1) is 25.9. The van der Waals surface area contributed by atoms with E-state index in [1.165, 1.54) is 0 Å². The highest BCUT2D eigenvalue weighted by Crippen LogP contribution is 2.08. The van der Waals surface area contributed by atoms with Gasteiger partial charge >= 0.3 is 5.97 Å². The molecule has 1 amide bonds. The summed E-state index contributed by atoms with van der Waals surface area (Å²) < 4.78 is 0. The molecule has 0 aromatic heterocycles. The van der Waals surface area contributed by atoms with Crippen LogP contribution in [-0.4, -0.2) is 65.4 Å². The molecule has 156 valence electrons. The van der Waals surface area contributed by atoms with Crippen LogP contribution in [0.25, 0.3) is 0 Å². The van der Waals surface area contributed by atoms with Crippen molar-refractivity contribution in [2.45, 2.75) is 51.5 Å². The second-order valence-corrected chi connectivity index (χ2v) is 7.97. The lowest BCUT2D eigenvalue weighted by molar-refractivity contribution is -0.142. The molecule has 0 spiro atoms. The molecule has 0 aliphatic rings. The summed E-state index contributed by atoms with van der Waals surface area (Å²) in [6.07, 6.45) is 4.75. The molecule has 7 nitrogen and oxygen atoms in total. The number of amides is 1. The van der Waals surface area contributed by atoms with Crippen molar-refractivity contribution in [1.82, 2.24) is 10.6 Å². The Morgan fingerprint density at radius 1 is 1.15 bits per heavy atom. The second kappa shape index (κ2) is 17.1. The summed E-state index contributed by atoms with van der Waals surface area (Å²) >= 11 is 5.76. The van der Waals surface area contributed by atoms with Crippen LogP contribution in [0.15, 0.2) is 0 Å². The van der Waals surface area contributed by atoms with E-state index in [2.05, 4.69) is 23.3 Å². The predicted octanol–water partition coefficient (Wildman–Crippen LogP) is 1.55. The fourth-order valence-corrected chi connectivity index (χ4v) is 3.35. The van der Waals surface area contributed by atoms with Crippen LogP contribution < -0.4 is 10.6 Å². The first-order chi connectivity index (χ1) is 12.9. The third-order valence-electron chi connectivity index (χ3n) is 3.94. The Bertz CT molecular complexity index is 463. The zero-order valence-corrected chi connectivity index (χ0v) is 17.7. The van der Waals surface area contributed by atoms with Crippen molar-refractivity contribution in [3.63, 3.8) is 0 Å². The first-order valence-corrected chi connectivity index (χ1v) is 11.1. The zero-order valence-electron chi connectivity index (χ0n) is 15.9. The summed E-state index contributed by atoms with van der Waals surface area (Å²) in [4.78, 5) is 44.6. The van der Waals surface area contributed by atoms with Gasteiger partial charge in [-0.05, 0) is 31.9 Å². The third kappa shape index (κ3) is 15.7. The Morgan fingerprint density at radius 3 is 2.48 bits per heavy atom. The first-order valence-electron chi connectivity index (χ1n) is 9.26. The highest BCUT2D eigenvalue weighted by molar-refractivity contribution is 7.99. The van der Waals surface area contributed by atoms with Crippen molar-refractivity contribution in [3.8, 4) is 0 Å². The number of rotatable bonds is 18. The molecule has 1 unspecified atom stereocenters. The molecular weight excluding hydrogens is 388 g/mol. The van der Waals surface area contributed by atoms with Gasteiger partial charge in [0.05, 0.1) is 12.0 Å². The van der Waals surface area contributed by atoms with Crippen molar-refractivity contribution >= 4 is 48.3 Å². The van der Waals surface area contributed by atoms with Crippen LogP contribution in [0.5, 0.6) is 0 Å². The molecule has 27 heavy (non-hydrogen) atoms. The van der Waals surface area contributed by atoms with Gasteiger partial charge in [0.15, 0.2) is 0 Å². The fraction of sp³-hybridized carbons (Fsp3) is 0.778. The molecule has 0 saturated carbocycles. The summed E-state index contributed by atoms with van der Waals surface area (Å²) in [5.74, 6) is 0.475. The molecule has 0 aromatic carbocycles. The molecule has 0 radical (unpaired) electrons. The van der Waals surface area contributed by atoms with E-state index in [0.29, 0.717) is 25.0 Å². The Balaban J connectivity index is 3.76. The van der Waals surface area contributed by atoms with Gasteiger partial charge in [0.1, 0.15) is 12.1 Å². The van der Waals surface area contributed by atoms with Gasteiger partial charge in [0.2, 0.25) is 5.91 Å². The number of unbranched alkanes of at least 4 members (excludes halogenated alkanes) is 2. The molecule has 9 heteroatoms. The highest BCUT2D eigenvalue weighted by atomic mass is 32.2. The fourth-order valence-electron chi connectivity index (χ4n) is 2.28. The number of thioether (sulfide) groups is 1. The van der Waals surface area contributed by atoms with Gasteiger partial charge in [-0.15, -0.1) is 0 Å². The monoisotopic (exact) mass is 420 g/mol. The number of carbonyl (C=O) groups excluding carboxylic acids is 3. The molecule has 0 fully saturated rings. The topological polar surface area (TPSA) is 113 Å². The van der Waals surface area contributed by atoms with E-state index in [0.717, 1.165) is 30.8 Å². The zero-order chi connectivity index (χ0) is 20.5. The minimum atomic E-state index is -0.987. The maximum atomic E-state index is 11.8. The van der Waals surface area contributed by atoms with E-state index in [1.807, 2.05) is 0 Å². The average molecular weight is 421 g/mol. The van der Waals surface area contributed by atoms with Crippen LogP contribution in [0, 0.1) is 5.92 Å². The maximum absolute atomic E-state index is 11.8. The predicted molar refractivity (Wildman–Crippen MR) is 112 cm³/mol. The molecule has 0 rings (SSSR count). The number of Topliss-reactive ketones (excluding diaryl/α,β-unsaturated/α-hetero) is 1. The van der Waals surface area contributed by atoms with Gasteiger partial charge < -0.3 is 25.3 Å². The lowest BCUT2D eigenvalue weighted by Gasteiger charge is -2.15. The SMILES string of the molecule is CC(=O)CCCCCSCCNC(=O)CCC(CN[C@H](C=O)CS)C(=O)O. The minimum Gasteiger partial charge on any atom is -0.481 e. The number of nitrogens with one attached hydrogen (secondary N) is 2. The van der Waals surface area contributed by atoms with E-state index in [1.54, 1.807) is 18.7 Å². The van der Waals surface area contributed by atoms with Crippen LogP contribution in [0.2, 0.25) is 0 Å². The van der Waals surface area contributed by atoms with Crippen molar-refractivity contribution < 1.29 is 24.3 Å². The number of aldehydes is 1. The van der Waals surface area contributed by atoms with Crippen LogP contribution in [-0.2, 0) is 19.2 Å². The smallest absolute Gasteiger partial charge is 0.307 e. The molecule has 0 aromatic rings. The van der Waals surface area contributed by atoms with Crippen molar-refractivity contribution in [1.29, 1.82) is 0 Å². The van der Waals surface area contributed by atoms with Crippen LogP contribution in [0.1, 0.15) is 45.4 Å².